The van der Waals surface area contributed by atoms with Crippen LogP contribution in [-0.2, 0) is 21.2 Å². The van der Waals surface area contributed by atoms with E-state index in [-0.39, 0.29) is 17.6 Å². The molecular weight excluding hydrogens is 362 g/mol. The topological polar surface area (TPSA) is 69.7 Å². The van der Waals surface area contributed by atoms with Crippen LogP contribution >= 0.6 is 0 Å². The molecule has 0 saturated carbocycles. The summed E-state index contributed by atoms with van der Waals surface area (Å²) in [6.07, 6.45) is 3.22. The van der Waals surface area contributed by atoms with Crippen LogP contribution in [0.4, 0.5) is 5.69 Å². The van der Waals surface area contributed by atoms with E-state index in [2.05, 4.69) is 41.4 Å². The van der Waals surface area contributed by atoms with Gasteiger partial charge in [0.25, 0.3) is 0 Å². The van der Waals surface area contributed by atoms with Gasteiger partial charge in [-0.15, -0.1) is 0 Å². The van der Waals surface area contributed by atoms with E-state index >= 15 is 0 Å². The fourth-order valence-corrected chi connectivity index (χ4v) is 5.29. The molecule has 27 heavy (non-hydrogen) atoms. The summed E-state index contributed by atoms with van der Waals surface area (Å²) in [5, 5.41) is 3.05. The van der Waals surface area contributed by atoms with E-state index in [0.717, 1.165) is 19.4 Å². The summed E-state index contributed by atoms with van der Waals surface area (Å²) < 4.78 is 25.3. The molecule has 2 aliphatic rings. The maximum absolute atomic E-state index is 12.4. The molecule has 1 aromatic rings. The summed E-state index contributed by atoms with van der Waals surface area (Å²) in [4.78, 5) is 14.8. The molecule has 6 nitrogen and oxygen atoms in total. The van der Waals surface area contributed by atoms with Crippen molar-refractivity contribution in [3.8, 4) is 0 Å². The monoisotopic (exact) mass is 393 g/mol. The fraction of sp³-hybridized carbons (Fsp3) is 0.650. The lowest BCUT2D eigenvalue weighted by atomic mass is 9.97. The van der Waals surface area contributed by atoms with E-state index in [1.807, 2.05) is 0 Å². The first-order valence-electron chi connectivity index (χ1n) is 10.0. The van der Waals surface area contributed by atoms with Gasteiger partial charge >= 0.3 is 0 Å². The maximum atomic E-state index is 12.4. The molecule has 0 unspecified atom stereocenters. The van der Waals surface area contributed by atoms with Crippen LogP contribution in [0.15, 0.2) is 24.3 Å². The van der Waals surface area contributed by atoms with Crippen molar-refractivity contribution in [1.29, 1.82) is 0 Å². The minimum Gasteiger partial charge on any atom is -0.368 e. The summed E-state index contributed by atoms with van der Waals surface area (Å²) in [5.41, 5.74) is 2.73. The number of hydrogen-bond acceptors (Lipinski definition) is 4. The van der Waals surface area contributed by atoms with E-state index in [9.17, 15) is 13.2 Å². The Kier molecular flexibility index (Phi) is 6.42. The predicted molar refractivity (Wildman–Crippen MR) is 108 cm³/mol. The van der Waals surface area contributed by atoms with Gasteiger partial charge in [0.1, 0.15) is 0 Å². The van der Waals surface area contributed by atoms with Gasteiger partial charge in [-0.1, -0.05) is 18.2 Å². The molecule has 3 rings (SSSR count). The second-order valence-corrected chi connectivity index (χ2v) is 9.85. The number of rotatable bonds is 7. The first kappa shape index (κ1) is 20.1. The third-order valence-electron chi connectivity index (χ3n) is 5.81. The molecule has 0 spiro atoms. The predicted octanol–water partition coefficient (Wildman–Crippen LogP) is 2.01. The summed E-state index contributed by atoms with van der Waals surface area (Å²) in [5.74, 6) is 0.125. The van der Waals surface area contributed by atoms with Gasteiger partial charge in [-0.25, -0.2) is 12.7 Å². The van der Waals surface area contributed by atoms with Crippen LogP contribution in [-0.4, -0.2) is 56.6 Å². The average molecular weight is 394 g/mol. The van der Waals surface area contributed by atoms with Gasteiger partial charge in [-0.05, 0) is 51.2 Å². The maximum Gasteiger partial charge on any atom is 0.223 e. The minimum absolute atomic E-state index is 0.0680. The summed E-state index contributed by atoms with van der Waals surface area (Å²) in [7, 11) is -3.13. The van der Waals surface area contributed by atoms with Crippen molar-refractivity contribution < 1.29 is 13.2 Å². The van der Waals surface area contributed by atoms with Gasteiger partial charge in [-0.2, -0.15) is 0 Å². The van der Waals surface area contributed by atoms with E-state index in [1.165, 1.54) is 15.6 Å². The third-order valence-corrected chi connectivity index (χ3v) is 7.69. The number of amides is 1. The number of hydrogen-bond donors (Lipinski definition) is 1. The highest BCUT2D eigenvalue weighted by Crippen LogP contribution is 2.31. The van der Waals surface area contributed by atoms with Crippen molar-refractivity contribution >= 4 is 21.6 Å². The van der Waals surface area contributed by atoms with Gasteiger partial charge in [0.05, 0.1) is 5.75 Å². The highest BCUT2D eigenvalue weighted by atomic mass is 32.2. The molecule has 1 saturated heterocycles. The lowest BCUT2D eigenvalue weighted by Gasteiger charge is -2.30. The fourth-order valence-electron chi connectivity index (χ4n) is 4.15. The second kappa shape index (κ2) is 8.61. The molecule has 1 atom stereocenters. The Hall–Kier alpha value is -1.60. The summed E-state index contributed by atoms with van der Waals surface area (Å²) >= 11 is 0. The number of benzene rings is 1. The molecule has 150 valence electrons. The Morgan fingerprint density at radius 1 is 1.22 bits per heavy atom. The molecule has 1 amide bonds. The zero-order valence-corrected chi connectivity index (χ0v) is 17.2. The van der Waals surface area contributed by atoms with Crippen molar-refractivity contribution in [2.24, 2.45) is 5.92 Å². The molecule has 0 aromatic heterocycles. The van der Waals surface area contributed by atoms with Crippen LogP contribution in [0.1, 0.15) is 38.7 Å². The van der Waals surface area contributed by atoms with E-state index in [1.54, 1.807) is 6.92 Å². The van der Waals surface area contributed by atoms with Crippen molar-refractivity contribution in [1.82, 2.24) is 9.62 Å². The van der Waals surface area contributed by atoms with Crippen LogP contribution in [0.5, 0.6) is 0 Å². The largest absolute Gasteiger partial charge is 0.368 e. The molecule has 1 aromatic carbocycles. The Labute approximate surface area is 163 Å². The van der Waals surface area contributed by atoms with Crippen molar-refractivity contribution in [2.75, 3.05) is 36.8 Å². The standard InChI is InChI=1S/C20H31N3O3S/c1-3-27(25,26)22-13-9-17(10-14-22)20(24)21-11-6-12-23-16(2)15-18-7-4-5-8-19(18)23/h4-5,7-8,16-17H,3,6,9-15H2,1-2H3,(H,21,24)/t16-/m0/s1. The number of anilines is 1. The molecule has 1 N–H and O–H groups in total. The van der Waals surface area contributed by atoms with E-state index < -0.39 is 10.0 Å². The zero-order valence-electron chi connectivity index (χ0n) is 16.4. The Balaban J connectivity index is 1.40. The van der Waals surface area contributed by atoms with E-state index in [4.69, 9.17) is 0 Å². The van der Waals surface area contributed by atoms with Gasteiger partial charge in [0.2, 0.25) is 15.9 Å². The Bertz CT molecular complexity index is 757. The first-order chi connectivity index (χ1) is 12.9. The highest BCUT2D eigenvalue weighted by molar-refractivity contribution is 7.89. The Morgan fingerprint density at radius 2 is 1.93 bits per heavy atom. The number of nitrogens with zero attached hydrogens (tertiary/aromatic N) is 2. The van der Waals surface area contributed by atoms with Crippen LogP contribution in [0.25, 0.3) is 0 Å². The van der Waals surface area contributed by atoms with Crippen LogP contribution in [0, 0.1) is 5.92 Å². The van der Waals surface area contributed by atoms with Gasteiger partial charge in [0.15, 0.2) is 0 Å². The lowest BCUT2D eigenvalue weighted by Crippen LogP contribution is -2.43. The molecule has 0 aliphatic carbocycles. The van der Waals surface area contributed by atoms with Crippen molar-refractivity contribution in [3.05, 3.63) is 29.8 Å². The number of nitrogens with one attached hydrogen (secondary N) is 1. The molecule has 1 fully saturated rings. The molecule has 2 aliphatic heterocycles. The van der Waals surface area contributed by atoms with Gasteiger partial charge < -0.3 is 10.2 Å². The molecule has 2 heterocycles. The molecular formula is C20H31N3O3S. The summed E-state index contributed by atoms with van der Waals surface area (Å²) in [6.45, 7) is 6.42. The van der Waals surface area contributed by atoms with E-state index in [0.29, 0.717) is 38.5 Å². The minimum atomic E-state index is -3.13. The first-order valence-corrected chi connectivity index (χ1v) is 11.6. The normalized spacial score (nSPS) is 21.3. The second-order valence-electron chi connectivity index (χ2n) is 7.59. The number of para-hydroxylation sites is 1. The third kappa shape index (κ3) is 4.63. The zero-order chi connectivity index (χ0) is 19.4. The average Bonchev–Trinajstić information content (AvgIpc) is 3.00. The summed E-state index contributed by atoms with van der Waals surface area (Å²) in [6, 6.07) is 9.04. The Morgan fingerprint density at radius 3 is 2.63 bits per heavy atom. The van der Waals surface area contributed by atoms with Crippen molar-refractivity contribution in [2.45, 2.75) is 45.6 Å². The van der Waals surface area contributed by atoms with Gasteiger partial charge in [-0.3, -0.25) is 4.79 Å². The van der Waals surface area contributed by atoms with Crippen LogP contribution in [0.2, 0.25) is 0 Å². The van der Waals surface area contributed by atoms with Crippen LogP contribution < -0.4 is 10.2 Å². The number of sulfonamides is 1. The molecule has 0 radical (unpaired) electrons. The van der Waals surface area contributed by atoms with Crippen LogP contribution in [0.3, 0.4) is 0 Å². The quantitative estimate of drug-likeness (QED) is 0.720. The van der Waals surface area contributed by atoms with Crippen molar-refractivity contribution in [3.63, 3.8) is 0 Å². The number of piperidine rings is 1. The molecule has 7 heteroatoms. The number of carbonyl (C=O) groups excluding carboxylic acids is 1. The van der Waals surface area contributed by atoms with Gasteiger partial charge in [0, 0.05) is 43.8 Å². The number of carbonyl (C=O) groups is 1. The highest BCUT2D eigenvalue weighted by Gasteiger charge is 2.30. The lowest BCUT2D eigenvalue weighted by molar-refractivity contribution is -0.126. The number of fused-ring (bicyclic) bond motifs is 1. The SMILES string of the molecule is CCS(=O)(=O)N1CCC(C(=O)NCCCN2c3ccccc3C[C@@H]2C)CC1. The smallest absolute Gasteiger partial charge is 0.223 e. The molecule has 0 bridgehead atoms.